The van der Waals surface area contributed by atoms with E-state index in [0.717, 1.165) is 5.56 Å². The summed E-state index contributed by atoms with van der Waals surface area (Å²) in [6.07, 6.45) is 4.46. The molecule has 0 aliphatic rings. The van der Waals surface area contributed by atoms with Crippen LogP contribution in [0.2, 0.25) is 0 Å². The topological polar surface area (TPSA) is 131 Å². The number of nitrogens with one attached hydrogen (secondary N) is 2. The summed E-state index contributed by atoms with van der Waals surface area (Å²) in [4.78, 5) is 36.1. The summed E-state index contributed by atoms with van der Waals surface area (Å²) >= 11 is 0. The highest BCUT2D eigenvalue weighted by molar-refractivity contribution is 6.38. The molecule has 0 bridgehead atoms. The Morgan fingerprint density at radius 1 is 1.19 bits per heavy atom. The van der Waals surface area contributed by atoms with Gasteiger partial charge < -0.3 is 15.5 Å². The average molecular weight is 352 g/mol. The molecule has 3 rings (SSSR count). The van der Waals surface area contributed by atoms with Gasteiger partial charge in [-0.2, -0.15) is 5.10 Å². The number of H-pyrrole nitrogens is 1. The van der Waals surface area contributed by atoms with Crippen molar-refractivity contribution >= 4 is 17.6 Å². The predicted octanol–water partition coefficient (Wildman–Crippen LogP) is 1.07. The van der Waals surface area contributed by atoms with Crippen LogP contribution in [0.25, 0.3) is 11.3 Å². The van der Waals surface area contributed by atoms with Crippen LogP contribution in [-0.4, -0.2) is 33.8 Å². The van der Waals surface area contributed by atoms with Crippen molar-refractivity contribution in [3.63, 3.8) is 0 Å². The maximum Gasteiger partial charge on any atom is 0.287 e. The third-order valence-electron chi connectivity index (χ3n) is 3.83. The Hall–Kier alpha value is -3.68. The Balaban J connectivity index is 1.83. The predicted molar refractivity (Wildman–Crippen MR) is 91.9 cm³/mol. The lowest BCUT2D eigenvalue weighted by Crippen LogP contribution is -2.47. The number of furan rings is 1. The van der Waals surface area contributed by atoms with E-state index in [4.69, 9.17) is 10.2 Å². The molecule has 3 aromatic rings. The van der Waals surface area contributed by atoms with E-state index in [-0.39, 0.29) is 12.0 Å². The van der Waals surface area contributed by atoms with Crippen molar-refractivity contribution in [1.29, 1.82) is 0 Å². The number of aromatic nitrogens is 2. The van der Waals surface area contributed by atoms with Crippen LogP contribution in [0.3, 0.4) is 0 Å². The minimum atomic E-state index is -1.10. The van der Waals surface area contributed by atoms with Gasteiger partial charge in [0.1, 0.15) is 11.7 Å². The fraction of sp³-hybridized carbons (Fsp3) is 0.111. The van der Waals surface area contributed by atoms with Crippen LogP contribution in [0.5, 0.6) is 0 Å². The molecular weight excluding hydrogens is 336 g/mol. The zero-order valence-electron chi connectivity index (χ0n) is 13.6. The molecule has 132 valence electrons. The molecule has 1 aromatic carbocycles. The number of nitrogens with zero attached hydrogens (tertiary/aromatic N) is 1. The monoisotopic (exact) mass is 352 g/mol. The Kier molecular flexibility index (Phi) is 4.93. The van der Waals surface area contributed by atoms with Gasteiger partial charge >= 0.3 is 0 Å². The summed E-state index contributed by atoms with van der Waals surface area (Å²) in [6, 6.07) is 9.60. The standard InChI is InChI=1S/C18H16N4O4/c19-17(24)16(23)14(8-11-4-2-1-3-5-11)21-18(25)13-9-20-22-15(13)12-6-7-26-10-12/h1-7,9-10,14H,8H2,(H2,19,24)(H,20,22)(H,21,25). The van der Waals surface area contributed by atoms with E-state index in [1.54, 1.807) is 30.3 Å². The van der Waals surface area contributed by atoms with Gasteiger partial charge in [0.25, 0.3) is 11.8 Å². The van der Waals surface area contributed by atoms with E-state index in [9.17, 15) is 14.4 Å². The van der Waals surface area contributed by atoms with Crippen LogP contribution in [0.4, 0.5) is 0 Å². The van der Waals surface area contributed by atoms with Crippen molar-refractivity contribution in [3.05, 3.63) is 66.2 Å². The second-order valence-corrected chi connectivity index (χ2v) is 5.60. The number of rotatable bonds is 7. The molecule has 8 nitrogen and oxygen atoms in total. The first-order valence-electron chi connectivity index (χ1n) is 7.81. The smallest absolute Gasteiger partial charge is 0.287 e. The lowest BCUT2D eigenvalue weighted by molar-refractivity contribution is -0.137. The SMILES string of the molecule is NC(=O)C(=O)C(Cc1ccccc1)NC(=O)c1c[nH]nc1-c1ccoc1. The van der Waals surface area contributed by atoms with E-state index >= 15 is 0 Å². The normalized spacial score (nSPS) is 11.7. The van der Waals surface area contributed by atoms with Gasteiger partial charge in [-0.1, -0.05) is 30.3 Å². The number of amides is 2. The number of benzene rings is 1. The average Bonchev–Trinajstić information content (AvgIpc) is 3.32. The minimum absolute atomic E-state index is 0.146. The van der Waals surface area contributed by atoms with Crippen LogP contribution < -0.4 is 11.1 Å². The molecule has 0 saturated carbocycles. The Bertz CT molecular complexity index is 916. The molecule has 0 saturated heterocycles. The fourth-order valence-electron chi connectivity index (χ4n) is 2.55. The number of aromatic amines is 1. The van der Waals surface area contributed by atoms with E-state index in [2.05, 4.69) is 15.5 Å². The second-order valence-electron chi connectivity index (χ2n) is 5.60. The molecule has 0 spiro atoms. The van der Waals surface area contributed by atoms with Gasteiger partial charge in [-0.3, -0.25) is 19.5 Å². The third kappa shape index (κ3) is 3.69. The third-order valence-corrected chi connectivity index (χ3v) is 3.83. The van der Waals surface area contributed by atoms with Gasteiger partial charge in [0.15, 0.2) is 0 Å². The van der Waals surface area contributed by atoms with Crippen molar-refractivity contribution in [2.24, 2.45) is 5.73 Å². The zero-order chi connectivity index (χ0) is 18.5. The Labute approximate surface area is 148 Å². The molecule has 2 heterocycles. The van der Waals surface area contributed by atoms with Crippen LogP contribution >= 0.6 is 0 Å². The van der Waals surface area contributed by atoms with Crippen LogP contribution in [0, 0.1) is 0 Å². The second kappa shape index (κ2) is 7.47. The van der Waals surface area contributed by atoms with E-state index in [1.807, 2.05) is 6.07 Å². The number of hydrogen-bond donors (Lipinski definition) is 3. The summed E-state index contributed by atoms with van der Waals surface area (Å²) in [5.41, 5.74) is 7.12. The number of primary amides is 1. The Morgan fingerprint density at radius 2 is 1.96 bits per heavy atom. The first-order valence-corrected chi connectivity index (χ1v) is 7.81. The van der Waals surface area contributed by atoms with Crippen molar-refractivity contribution in [2.75, 3.05) is 0 Å². The minimum Gasteiger partial charge on any atom is -0.472 e. The van der Waals surface area contributed by atoms with Crippen LogP contribution in [0.1, 0.15) is 15.9 Å². The number of Topliss-reactive ketones (excluding diaryl/α,β-unsaturated/α-hetero) is 1. The van der Waals surface area contributed by atoms with Crippen LogP contribution in [-0.2, 0) is 16.0 Å². The molecule has 1 atom stereocenters. The van der Waals surface area contributed by atoms with Gasteiger partial charge in [-0.25, -0.2) is 0 Å². The largest absolute Gasteiger partial charge is 0.472 e. The molecule has 2 aromatic heterocycles. The van der Waals surface area contributed by atoms with E-state index < -0.39 is 23.6 Å². The number of ketones is 1. The van der Waals surface area contributed by atoms with Gasteiger partial charge in [-0.15, -0.1) is 0 Å². The van der Waals surface area contributed by atoms with Crippen molar-refractivity contribution in [1.82, 2.24) is 15.5 Å². The summed E-state index contributed by atoms with van der Waals surface area (Å²) < 4.78 is 5.00. The maximum atomic E-state index is 12.6. The number of carbonyl (C=O) groups is 3. The molecule has 8 heteroatoms. The quantitative estimate of drug-likeness (QED) is 0.547. The van der Waals surface area contributed by atoms with Gasteiger partial charge in [0, 0.05) is 18.2 Å². The van der Waals surface area contributed by atoms with E-state index in [1.165, 1.54) is 18.7 Å². The number of carbonyl (C=O) groups excluding carboxylic acids is 3. The van der Waals surface area contributed by atoms with Gasteiger partial charge in [0.2, 0.25) is 5.78 Å². The van der Waals surface area contributed by atoms with Crippen molar-refractivity contribution < 1.29 is 18.8 Å². The van der Waals surface area contributed by atoms with E-state index in [0.29, 0.717) is 11.3 Å². The molecular formula is C18H16N4O4. The zero-order valence-corrected chi connectivity index (χ0v) is 13.6. The lowest BCUT2D eigenvalue weighted by Gasteiger charge is -2.16. The highest BCUT2D eigenvalue weighted by atomic mass is 16.3. The first-order chi connectivity index (χ1) is 12.6. The summed E-state index contributed by atoms with van der Waals surface area (Å²) in [5, 5.41) is 9.21. The van der Waals surface area contributed by atoms with Crippen molar-refractivity contribution in [2.45, 2.75) is 12.5 Å². The fourth-order valence-corrected chi connectivity index (χ4v) is 2.55. The number of hydrogen-bond acceptors (Lipinski definition) is 5. The highest BCUT2D eigenvalue weighted by Crippen LogP contribution is 2.21. The molecule has 2 amide bonds. The number of nitrogens with two attached hydrogens (primary N) is 1. The van der Waals surface area contributed by atoms with Gasteiger partial charge in [0.05, 0.1) is 18.1 Å². The molecule has 0 aliphatic carbocycles. The molecule has 0 radical (unpaired) electrons. The van der Waals surface area contributed by atoms with Crippen molar-refractivity contribution in [3.8, 4) is 11.3 Å². The molecule has 0 fully saturated rings. The highest BCUT2D eigenvalue weighted by Gasteiger charge is 2.27. The molecule has 26 heavy (non-hydrogen) atoms. The Morgan fingerprint density at radius 3 is 2.62 bits per heavy atom. The van der Waals surface area contributed by atoms with Crippen LogP contribution in [0.15, 0.2) is 59.5 Å². The lowest BCUT2D eigenvalue weighted by atomic mass is 10.0. The maximum absolute atomic E-state index is 12.6. The summed E-state index contributed by atoms with van der Waals surface area (Å²) in [6.45, 7) is 0. The molecule has 4 N–H and O–H groups in total. The van der Waals surface area contributed by atoms with Gasteiger partial charge in [-0.05, 0) is 11.6 Å². The first kappa shape index (κ1) is 17.2. The molecule has 1 unspecified atom stereocenters. The summed E-state index contributed by atoms with van der Waals surface area (Å²) in [5.74, 6) is -2.52. The molecule has 0 aliphatic heterocycles. The summed E-state index contributed by atoms with van der Waals surface area (Å²) in [7, 11) is 0.